The maximum Gasteiger partial charge on any atom is 0.442 e. The van der Waals surface area contributed by atoms with Gasteiger partial charge >= 0.3 is 11.8 Å². The summed E-state index contributed by atoms with van der Waals surface area (Å²) in [5.74, 6) is -2.12. The third-order valence-corrected chi connectivity index (χ3v) is 10.1. The van der Waals surface area contributed by atoms with Gasteiger partial charge in [-0.2, -0.15) is 30.7 Å². The average molecular weight is 917 g/mol. The van der Waals surface area contributed by atoms with Gasteiger partial charge in [0.1, 0.15) is 6.04 Å². The van der Waals surface area contributed by atoms with E-state index >= 15 is 0 Å². The Labute approximate surface area is 321 Å². The quantitative estimate of drug-likeness (QED) is 0.0855. The minimum atomic E-state index is -6.41. The maximum atomic E-state index is 14.1. The molecule has 2 atom stereocenters. The van der Waals surface area contributed by atoms with Crippen molar-refractivity contribution in [3.05, 3.63) is 105 Å². The largest absolute Gasteiger partial charge is 0.806 e. The number of carbonyl (C=O) groups excluding carboxylic acids is 2. The first-order chi connectivity index (χ1) is 23.8. The molecule has 2 amide bonds. The number of hydrogen-bond donors (Lipinski definition) is 7. The number of amides is 2. The van der Waals surface area contributed by atoms with E-state index in [1.54, 1.807) is 0 Å². The number of nitrogens with one attached hydrogen (secondary N) is 2. The van der Waals surface area contributed by atoms with E-state index in [0.717, 1.165) is 36.4 Å². The fourth-order valence-corrected chi connectivity index (χ4v) is 6.33. The molecular weight excluding hydrogens is 877 g/mol. The molecule has 1 heterocycles. The van der Waals surface area contributed by atoms with Crippen LogP contribution in [0.3, 0.4) is 0 Å². The van der Waals surface area contributed by atoms with E-state index in [2.05, 4.69) is 36.8 Å². The number of rotatable bonds is 15. The van der Waals surface area contributed by atoms with Gasteiger partial charge in [0, 0.05) is 49.3 Å². The molecule has 3 aromatic rings. The third-order valence-electron chi connectivity index (χ3n) is 7.75. The van der Waals surface area contributed by atoms with Gasteiger partial charge in [-0.15, -0.1) is 10.2 Å². The Kier molecular flexibility index (Phi) is 17.5. The van der Waals surface area contributed by atoms with Gasteiger partial charge in [-0.25, -0.2) is 0 Å². The minimum Gasteiger partial charge on any atom is -0.806 e. The van der Waals surface area contributed by atoms with Gasteiger partial charge in [0.25, 0.3) is 11.3 Å². The van der Waals surface area contributed by atoms with E-state index in [1.165, 1.54) is 6.07 Å². The van der Waals surface area contributed by atoms with E-state index in [0.29, 0.717) is 24.3 Å². The number of halogens is 8. The SMILES string of the molecule is NC(=O)[C@H](Cc1ccc(C(F)(F)P(=O)([O-])[O-])cc1)NC(=O)[C@H](Cc1ccc(C(F)(F)P(=O)([O-])[O-])cc1)NCc1cc(Br)cc(C2(C(F)(F)F)N=N2)c1.[NH4+].[NH4+].[NH4+].[NH4+]. The van der Waals surface area contributed by atoms with E-state index < -0.39 is 79.8 Å². The number of nitrogens with zero attached hydrogens (tertiary/aromatic N) is 2. The molecule has 0 spiro atoms. The molecular formula is C29H39BrF7N9O8P2. The Morgan fingerprint density at radius 2 is 1.12 bits per heavy atom. The highest BCUT2D eigenvalue weighted by Gasteiger charge is 2.65. The van der Waals surface area contributed by atoms with Crippen molar-refractivity contribution in [2.45, 2.75) is 54.6 Å². The summed E-state index contributed by atoms with van der Waals surface area (Å²) in [6.45, 7) is -0.329. The molecule has 27 heteroatoms. The van der Waals surface area contributed by atoms with Gasteiger partial charge in [-0.3, -0.25) is 9.59 Å². The first-order valence-electron chi connectivity index (χ1n) is 14.4. The lowest BCUT2D eigenvalue weighted by atomic mass is 9.99. The molecule has 0 saturated carbocycles. The summed E-state index contributed by atoms with van der Waals surface area (Å²) in [7, 11) is -12.8. The van der Waals surface area contributed by atoms with E-state index in [9.17, 15) is 69.0 Å². The molecule has 17 nitrogen and oxygen atoms in total. The molecule has 0 saturated heterocycles. The van der Waals surface area contributed by atoms with Crippen molar-refractivity contribution in [1.82, 2.24) is 35.2 Å². The van der Waals surface area contributed by atoms with Gasteiger partial charge in [-0.1, -0.05) is 64.5 Å². The number of alkyl halides is 7. The molecule has 0 radical (unpaired) electrons. The van der Waals surface area contributed by atoms with Gasteiger partial charge in [-0.05, 0) is 41.3 Å². The van der Waals surface area contributed by atoms with Crippen molar-refractivity contribution in [1.29, 1.82) is 0 Å². The van der Waals surface area contributed by atoms with Crippen LogP contribution in [0.25, 0.3) is 0 Å². The molecule has 1 aliphatic rings. The monoisotopic (exact) mass is 915 g/mol. The number of nitrogens with two attached hydrogens (primary N) is 1. The number of quaternary nitrogens is 4. The lowest BCUT2D eigenvalue weighted by molar-refractivity contribution is -0.336. The molecule has 0 aromatic heterocycles. The molecule has 0 fully saturated rings. The number of hydrogen-bond acceptors (Lipinski definition) is 11. The van der Waals surface area contributed by atoms with Gasteiger partial charge in [0.15, 0.2) is 0 Å². The lowest BCUT2D eigenvalue weighted by Crippen LogP contribution is -2.53. The van der Waals surface area contributed by atoms with Crippen LogP contribution in [0.5, 0.6) is 0 Å². The Morgan fingerprint density at radius 1 is 0.714 bits per heavy atom. The Bertz CT molecular complexity index is 1960. The molecule has 314 valence electrons. The summed E-state index contributed by atoms with van der Waals surface area (Å²) in [6.07, 6.45) is -5.70. The Balaban J connectivity index is 0.00000756. The van der Waals surface area contributed by atoms with Crippen LogP contribution < -0.4 is 60.5 Å². The highest BCUT2D eigenvalue weighted by Crippen LogP contribution is 2.54. The van der Waals surface area contributed by atoms with Crippen LogP contribution in [-0.4, -0.2) is 30.1 Å². The summed E-state index contributed by atoms with van der Waals surface area (Å²) < 4.78 is 119. The van der Waals surface area contributed by atoms with Crippen LogP contribution in [0.15, 0.2) is 81.4 Å². The normalized spacial score (nSPS) is 14.8. The molecule has 3 aromatic carbocycles. The Hall–Kier alpha value is -3.71. The van der Waals surface area contributed by atoms with Crippen LogP contribution in [0.1, 0.15) is 33.4 Å². The highest BCUT2D eigenvalue weighted by atomic mass is 79.9. The predicted molar refractivity (Wildman–Crippen MR) is 186 cm³/mol. The second-order valence-corrected chi connectivity index (χ2v) is 15.5. The van der Waals surface area contributed by atoms with Crippen molar-refractivity contribution >= 4 is 42.9 Å². The van der Waals surface area contributed by atoms with E-state index in [-0.39, 0.29) is 64.3 Å². The Morgan fingerprint density at radius 3 is 1.48 bits per heavy atom. The van der Waals surface area contributed by atoms with E-state index in [4.69, 9.17) is 5.73 Å². The van der Waals surface area contributed by atoms with Crippen LogP contribution in [0, 0.1) is 0 Å². The number of carbonyl (C=O) groups is 2. The van der Waals surface area contributed by atoms with Gasteiger partial charge in [0.05, 0.1) is 6.04 Å². The zero-order valence-electron chi connectivity index (χ0n) is 29.8. The van der Waals surface area contributed by atoms with Crippen molar-refractivity contribution < 1.29 is 69.0 Å². The molecule has 56 heavy (non-hydrogen) atoms. The molecule has 0 unspecified atom stereocenters. The predicted octanol–water partition coefficient (Wildman–Crippen LogP) is 3.97. The average Bonchev–Trinajstić information content (AvgIpc) is 3.85. The molecule has 0 aliphatic carbocycles. The summed E-state index contributed by atoms with van der Waals surface area (Å²) in [5.41, 5.74) is -9.21. The van der Waals surface area contributed by atoms with Crippen LogP contribution in [0.2, 0.25) is 0 Å². The summed E-state index contributed by atoms with van der Waals surface area (Å²) in [6, 6.07) is 7.02. The lowest BCUT2D eigenvalue weighted by Gasteiger charge is -2.37. The third kappa shape index (κ3) is 11.5. The fraction of sp³-hybridized carbons (Fsp3) is 0.310. The van der Waals surface area contributed by atoms with Gasteiger partial charge < -0.3 is 69.7 Å². The van der Waals surface area contributed by atoms with Crippen molar-refractivity contribution in [3.63, 3.8) is 0 Å². The number of primary amides is 1. The zero-order chi connectivity index (χ0) is 39.1. The van der Waals surface area contributed by atoms with Crippen molar-refractivity contribution in [2.24, 2.45) is 16.0 Å². The van der Waals surface area contributed by atoms with E-state index in [1.807, 2.05) is 0 Å². The standard InChI is InChI=1S/C29H27BrF7N5O8P2.4H3N/c30-21-10-17(9-20(13-21)26(41-42-26)29(35,36)37)14-39-23(12-16-3-7-19(8-4-16)28(33,34)52(48,49)50)25(44)40-22(24(38)43)11-15-1-5-18(6-2-15)27(31,32)51(45,46)47;;;;/h1-10,13,22-23,39H,11-12,14H2,(H2,38,43)(H,40,44)(H2,45,46,47)(H2,48,49,50);4*1H3/t22-,23-;;;;/m0..../s1. The van der Waals surface area contributed by atoms with Crippen LogP contribution in [0.4, 0.5) is 30.7 Å². The molecule has 0 bridgehead atoms. The highest BCUT2D eigenvalue weighted by molar-refractivity contribution is 9.10. The summed E-state index contributed by atoms with van der Waals surface area (Å²) >= 11 is 3.11. The smallest absolute Gasteiger partial charge is 0.442 e. The molecule has 1 aliphatic heterocycles. The maximum absolute atomic E-state index is 14.1. The second-order valence-electron chi connectivity index (χ2n) is 11.5. The first-order valence-corrected chi connectivity index (χ1v) is 18.3. The van der Waals surface area contributed by atoms with Crippen LogP contribution >= 0.6 is 31.1 Å². The topological polar surface area (TPSA) is 381 Å². The molecule has 4 rings (SSSR count). The van der Waals surface area contributed by atoms with Crippen LogP contribution in [-0.2, 0) is 55.1 Å². The summed E-state index contributed by atoms with van der Waals surface area (Å²) in [4.78, 5) is 69.9. The first kappa shape index (κ1) is 52.3. The molecule has 20 N–H and O–H groups in total. The van der Waals surface area contributed by atoms with Crippen molar-refractivity contribution in [3.8, 4) is 0 Å². The number of benzene rings is 3. The summed E-state index contributed by atoms with van der Waals surface area (Å²) in [5, 5.41) is 11.4. The zero-order valence-corrected chi connectivity index (χ0v) is 33.2. The van der Waals surface area contributed by atoms with Gasteiger partial charge in [0.2, 0.25) is 11.8 Å². The second kappa shape index (κ2) is 18.7. The fourth-order valence-electron chi connectivity index (χ4n) is 4.86. The van der Waals surface area contributed by atoms with Crippen molar-refractivity contribution in [2.75, 3.05) is 0 Å². The minimum absolute atomic E-state index is 0.